The van der Waals surface area contributed by atoms with Gasteiger partial charge < -0.3 is 20.5 Å². The van der Waals surface area contributed by atoms with E-state index in [1.54, 1.807) is 24.8 Å². The normalized spacial score (nSPS) is 13.9. The van der Waals surface area contributed by atoms with Crippen LogP contribution < -0.4 is 16.0 Å². The number of rotatable bonds is 4. The topological polar surface area (TPSA) is 111 Å². The van der Waals surface area contributed by atoms with E-state index in [1.165, 1.54) is 0 Å². The second-order valence-electron chi connectivity index (χ2n) is 7.37. The summed E-state index contributed by atoms with van der Waals surface area (Å²) in [6.45, 7) is 1.26. The van der Waals surface area contributed by atoms with Crippen LogP contribution in [0.5, 0.6) is 0 Å². The molecule has 0 amide bonds. The summed E-state index contributed by atoms with van der Waals surface area (Å²) in [6, 6.07) is 5.64. The Labute approximate surface area is 180 Å². The Hall–Kier alpha value is -3.96. The van der Waals surface area contributed by atoms with Crippen LogP contribution in [0.1, 0.15) is 17.2 Å². The molecule has 164 valence electrons. The maximum atomic E-state index is 13.0. The highest BCUT2D eigenvalue weighted by Crippen LogP contribution is 2.30. The molecular weight excluding hydrogens is 423 g/mol. The molecule has 0 radical (unpaired) electrons. The molecule has 0 atom stereocenters. The van der Waals surface area contributed by atoms with Gasteiger partial charge in [0.2, 0.25) is 5.82 Å². The lowest BCUT2D eigenvalue weighted by Gasteiger charge is -2.29. The molecule has 1 aliphatic rings. The van der Waals surface area contributed by atoms with Crippen molar-refractivity contribution < 1.29 is 13.2 Å². The maximum absolute atomic E-state index is 13.0. The Morgan fingerprint density at radius 3 is 2.66 bits per heavy atom. The van der Waals surface area contributed by atoms with Gasteiger partial charge in [-0.05, 0) is 17.7 Å². The van der Waals surface area contributed by atoms with Gasteiger partial charge in [0, 0.05) is 49.0 Å². The number of pyridine rings is 3. The van der Waals surface area contributed by atoms with Gasteiger partial charge in [-0.3, -0.25) is 4.98 Å². The van der Waals surface area contributed by atoms with Crippen molar-refractivity contribution in [3.63, 3.8) is 0 Å². The van der Waals surface area contributed by atoms with Gasteiger partial charge in [-0.2, -0.15) is 13.2 Å². The fourth-order valence-electron chi connectivity index (χ4n) is 3.73. The fourth-order valence-corrected chi connectivity index (χ4v) is 3.73. The number of nitrogens with zero attached hydrogens (tertiary/aromatic N) is 7. The molecule has 4 aromatic heterocycles. The third-order valence-electron chi connectivity index (χ3n) is 5.34. The van der Waals surface area contributed by atoms with Gasteiger partial charge in [-0.25, -0.2) is 9.97 Å². The Bertz CT molecular complexity index is 1270. The summed E-state index contributed by atoms with van der Waals surface area (Å²) in [5.41, 5.74) is 7.68. The van der Waals surface area contributed by atoms with Crippen molar-refractivity contribution in [3.8, 4) is 0 Å². The van der Waals surface area contributed by atoms with Crippen LogP contribution in [0.2, 0.25) is 0 Å². The van der Waals surface area contributed by atoms with E-state index in [2.05, 4.69) is 30.5 Å². The van der Waals surface area contributed by atoms with Crippen LogP contribution in [-0.4, -0.2) is 36.3 Å². The molecule has 0 bridgehead atoms. The Balaban J connectivity index is 1.28. The van der Waals surface area contributed by atoms with Gasteiger partial charge in [0.15, 0.2) is 5.82 Å². The first-order valence-corrected chi connectivity index (χ1v) is 9.81. The zero-order valence-corrected chi connectivity index (χ0v) is 16.7. The number of aromatic nitrogens is 6. The van der Waals surface area contributed by atoms with E-state index in [-0.39, 0.29) is 18.9 Å². The predicted molar refractivity (Wildman–Crippen MR) is 112 cm³/mol. The summed E-state index contributed by atoms with van der Waals surface area (Å²) in [6.07, 6.45) is 2.27. The van der Waals surface area contributed by atoms with Crippen LogP contribution in [0.3, 0.4) is 0 Å². The summed E-state index contributed by atoms with van der Waals surface area (Å²) in [5, 5.41) is 12.0. The van der Waals surface area contributed by atoms with E-state index in [0.29, 0.717) is 24.7 Å². The lowest BCUT2D eigenvalue weighted by atomic mass is 10.2. The van der Waals surface area contributed by atoms with Crippen molar-refractivity contribution in [3.05, 3.63) is 60.2 Å². The summed E-state index contributed by atoms with van der Waals surface area (Å²) in [5.74, 6) is 0.405. The second-order valence-corrected chi connectivity index (χ2v) is 7.37. The third-order valence-corrected chi connectivity index (χ3v) is 5.34. The zero-order valence-electron chi connectivity index (χ0n) is 16.7. The van der Waals surface area contributed by atoms with Gasteiger partial charge in [0.1, 0.15) is 11.6 Å². The average Bonchev–Trinajstić information content (AvgIpc) is 3.22. The van der Waals surface area contributed by atoms with E-state index in [9.17, 15) is 13.2 Å². The number of nitrogens with two attached hydrogens (primary N) is 1. The monoisotopic (exact) mass is 441 g/mol. The molecule has 3 N–H and O–H groups in total. The molecule has 5 rings (SSSR count). The van der Waals surface area contributed by atoms with Gasteiger partial charge in [0.25, 0.3) is 0 Å². The van der Waals surface area contributed by atoms with Gasteiger partial charge in [0.05, 0.1) is 18.4 Å². The Kier molecular flexibility index (Phi) is 4.76. The molecule has 0 unspecified atom stereocenters. The standard InChI is InChI=1S/C20H18F3N9/c21-20(22,23)19-30-29-17-11-31(5-6-32(17)19)16-2-1-12(8-28-16)7-27-15-10-25-9-14-13(15)3-4-26-18(14)24/h1-4,8-10,27H,5-7,11H2,(H2,24,26). The number of fused-ring (bicyclic) bond motifs is 2. The number of nitrogens with one attached hydrogen (secondary N) is 1. The molecule has 0 saturated carbocycles. The molecule has 4 aromatic rings. The molecule has 5 heterocycles. The molecule has 32 heavy (non-hydrogen) atoms. The smallest absolute Gasteiger partial charge is 0.383 e. The van der Waals surface area contributed by atoms with Crippen LogP contribution in [0, 0.1) is 0 Å². The molecule has 0 saturated heterocycles. The molecule has 0 spiro atoms. The minimum atomic E-state index is -4.51. The predicted octanol–water partition coefficient (Wildman–Crippen LogP) is 2.85. The quantitative estimate of drug-likeness (QED) is 0.498. The van der Waals surface area contributed by atoms with E-state index in [1.807, 2.05) is 23.1 Å². The number of anilines is 3. The highest BCUT2D eigenvalue weighted by atomic mass is 19.4. The Morgan fingerprint density at radius 2 is 1.88 bits per heavy atom. The SMILES string of the molecule is Nc1nccc2c(NCc3ccc(N4CCn5c(nnc5C(F)(F)F)C4)nc3)cncc12. The summed E-state index contributed by atoms with van der Waals surface area (Å²) < 4.78 is 40.1. The van der Waals surface area contributed by atoms with Crippen LogP contribution >= 0.6 is 0 Å². The lowest BCUT2D eigenvalue weighted by molar-refractivity contribution is -0.147. The Morgan fingerprint density at radius 1 is 1.00 bits per heavy atom. The number of hydrogen-bond acceptors (Lipinski definition) is 8. The summed E-state index contributed by atoms with van der Waals surface area (Å²) >= 11 is 0. The fraction of sp³-hybridized carbons (Fsp3) is 0.250. The first kappa shape index (κ1) is 20.0. The van der Waals surface area contributed by atoms with Crippen molar-refractivity contribution in [2.45, 2.75) is 25.8 Å². The number of halogens is 3. The largest absolute Gasteiger partial charge is 0.451 e. The highest BCUT2D eigenvalue weighted by molar-refractivity contribution is 5.98. The molecule has 9 nitrogen and oxygen atoms in total. The van der Waals surface area contributed by atoms with E-state index in [0.717, 1.165) is 26.6 Å². The summed E-state index contributed by atoms with van der Waals surface area (Å²) in [4.78, 5) is 14.6. The van der Waals surface area contributed by atoms with Crippen LogP contribution in [0.4, 0.5) is 30.5 Å². The minimum Gasteiger partial charge on any atom is -0.383 e. The van der Waals surface area contributed by atoms with Crippen molar-refractivity contribution >= 4 is 28.1 Å². The van der Waals surface area contributed by atoms with Crippen LogP contribution in [-0.2, 0) is 25.8 Å². The zero-order chi connectivity index (χ0) is 22.3. The van der Waals surface area contributed by atoms with Gasteiger partial charge >= 0.3 is 6.18 Å². The lowest BCUT2D eigenvalue weighted by Crippen LogP contribution is -2.35. The van der Waals surface area contributed by atoms with E-state index >= 15 is 0 Å². The highest BCUT2D eigenvalue weighted by Gasteiger charge is 2.39. The second kappa shape index (κ2) is 7.62. The van der Waals surface area contributed by atoms with Crippen LogP contribution in [0.15, 0.2) is 43.0 Å². The first-order chi connectivity index (χ1) is 15.4. The first-order valence-electron chi connectivity index (χ1n) is 9.81. The van der Waals surface area contributed by atoms with E-state index < -0.39 is 12.0 Å². The minimum absolute atomic E-state index is 0.147. The van der Waals surface area contributed by atoms with Crippen molar-refractivity contribution in [1.29, 1.82) is 0 Å². The van der Waals surface area contributed by atoms with Gasteiger partial charge in [-0.1, -0.05) is 6.07 Å². The van der Waals surface area contributed by atoms with Crippen molar-refractivity contribution in [2.24, 2.45) is 0 Å². The molecule has 1 aliphatic heterocycles. The average molecular weight is 441 g/mol. The molecule has 0 fully saturated rings. The molecule has 0 aliphatic carbocycles. The molecule has 0 aromatic carbocycles. The molecular formula is C20H18F3N9. The van der Waals surface area contributed by atoms with Crippen LogP contribution in [0.25, 0.3) is 10.8 Å². The summed E-state index contributed by atoms with van der Waals surface area (Å²) in [7, 11) is 0. The number of alkyl halides is 3. The van der Waals surface area contributed by atoms with Crippen molar-refractivity contribution in [2.75, 3.05) is 22.5 Å². The van der Waals surface area contributed by atoms with Crippen molar-refractivity contribution in [1.82, 2.24) is 29.7 Å². The number of nitrogen functional groups attached to an aromatic ring is 1. The molecule has 12 heteroatoms. The number of hydrogen-bond donors (Lipinski definition) is 2. The van der Waals surface area contributed by atoms with Gasteiger partial charge in [-0.15, -0.1) is 10.2 Å². The van der Waals surface area contributed by atoms with E-state index in [4.69, 9.17) is 5.73 Å². The maximum Gasteiger partial charge on any atom is 0.451 e. The third kappa shape index (κ3) is 3.63.